The van der Waals surface area contributed by atoms with Crippen LogP contribution in [0.3, 0.4) is 0 Å². The SMILES string of the molecule is CCOc1ccc(-c2ccc(COC3CCC(c4ccc(O)c(F)c4F)CC3)c(F)c2F)c(F)c1F. The van der Waals surface area contributed by atoms with E-state index in [2.05, 4.69) is 0 Å². The molecule has 3 aromatic rings. The van der Waals surface area contributed by atoms with E-state index < -0.39 is 51.8 Å². The van der Waals surface area contributed by atoms with Crippen LogP contribution in [-0.4, -0.2) is 17.8 Å². The molecule has 0 radical (unpaired) electrons. The molecule has 0 amide bonds. The Balaban J connectivity index is 1.41. The molecule has 0 unspecified atom stereocenters. The standard InChI is InChI=1S/C27H24F6O3/c1-2-35-21-12-10-19(25(31)27(21)33)18-8-5-15(22(28)24(18)30)13-36-16-6-3-14(4-7-16)17-9-11-20(34)26(32)23(17)29/h5,8-12,14,16,34H,2-4,6-7,13H2,1H3. The van der Waals surface area contributed by atoms with Crippen molar-refractivity contribution in [3.05, 3.63) is 82.4 Å². The Labute approximate surface area is 204 Å². The van der Waals surface area contributed by atoms with E-state index in [9.17, 15) is 31.4 Å². The van der Waals surface area contributed by atoms with E-state index >= 15 is 0 Å². The zero-order valence-corrected chi connectivity index (χ0v) is 19.4. The Hall–Kier alpha value is -3.20. The minimum Gasteiger partial charge on any atom is -0.505 e. The maximum Gasteiger partial charge on any atom is 0.201 e. The van der Waals surface area contributed by atoms with Gasteiger partial charge in [-0.05, 0) is 62.3 Å². The highest BCUT2D eigenvalue weighted by atomic mass is 19.2. The molecule has 1 saturated carbocycles. The highest BCUT2D eigenvalue weighted by Crippen LogP contribution is 2.38. The summed E-state index contributed by atoms with van der Waals surface area (Å²) in [5.41, 5.74) is -0.766. The number of benzene rings is 3. The summed E-state index contributed by atoms with van der Waals surface area (Å²) < 4.78 is 96.7. The number of phenols is 1. The van der Waals surface area contributed by atoms with Gasteiger partial charge < -0.3 is 14.6 Å². The molecule has 1 fully saturated rings. The molecule has 0 saturated heterocycles. The van der Waals surface area contributed by atoms with Gasteiger partial charge in [-0.1, -0.05) is 18.2 Å². The van der Waals surface area contributed by atoms with Crippen molar-refractivity contribution < 1.29 is 40.9 Å². The van der Waals surface area contributed by atoms with Gasteiger partial charge >= 0.3 is 0 Å². The lowest BCUT2D eigenvalue weighted by Crippen LogP contribution is -2.21. The second-order valence-electron chi connectivity index (χ2n) is 8.66. The summed E-state index contributed by atoms with van der Waals surface area (Å²) in [5, 5.41) is 9.29. The van der Waals surface area contributed by atoms with E-state index in [1.54, 1.807) is 6.92 Å². The Morgan fingerprint density at radius 2 is 1.36 bits per heavy atom. The van der Waals surface area contributed by atoms with Gasteiger partial charge in [-0.25, -0.2) is 17.6 Å². The Bertz CT molecular complexity index is 1250. The van der Waals surface area contributed by atoms with Gasteiger partial charge in [0.2, 0.25) is 11.6 Å². The Morgan fingerprint density at radius 1 is 0.722 bits per heavy atom. The first-order valence-electron chi connectivity index (χ1n) is 11.6. The second-order valence-corrected chi connectivity index (χ2v) is 8.66. The summed E-state index contributed by atoms with van der Waals surface area (Å²) in [6, 6.07) is 7.17. The van der Waals surface area contributed by atoms with Gasteiger partial charge in [-0.3, -0.25) is 0 Å². The van der Waals surface area contributed by atoms with Crippen molar-refractivity contribution in [2.75, 3.05) is 6.61 Å². The minimum atomic E-state index is -1.34. The van der Waals surface area contributed by atoms with Crippen LogP contribution in [0.4, 0.5) is 26.3 Å². The van der Waals surface area contributed by atoms with E-state index in [0.29, 0.717) is 25.7 Å². The molecule has 0 spiro atoms. The average Bonchev–Trinajstić information content (AvgIpc) is 2.87. The summed E-state index contributed by atoms with van der Waals surface area (Å²) >= 11 is 0. The lowest BCUT2D eigenvalue weighted by Gasteiger charge is -2.29. The molecule has 9 heteroatoms. The van der Waals surface area contributed by atoms with Gasteiger partial charge in [0.05, 0.1) is 19.3 Å². The quantitative estimate of drug-likeness (QED) is 0.334. The van der Waals surface area contributed by atoms with Crippen molar-refractivity contribution in [2.45, 2.75) is 51.2 Å². The van der Waals surface area contributed by atoms with Gasteiger partial charge in [0, 0.05) is 16.7 Å². The van der Waals surface area contributed by atoms with Crippen LogP contribution in [-0.2, 0) is 11.3 Å². The second kappa shape index (κ2) is 10.8. The van der Waals surface area contributed by atoms with E-state index in [1.807, 2.05) is 0 Å². The number of halogens is 6. The van der Waals surface area contributed by atoms with Crippen molar-refractivity contribution in [1.29, 1.82) is 0 Å². The third-order valence-electron chi connectivity index (χ3n) is 6.48. The van der Waals surface area contributed by atoms with Crippen molar-refractivity contribution in [2.24, 2.45) is 0 Å². The van der Waals surface area contributed by atoms with Crippen LogP contribution in [0, 0.1) is 34.9 Å². The highest BCUT2D eigenvalue weighted by Gasteiger charge is 2.27. The maximum atomic E-state index is 14.8. The molecule has 4 rings (SSSR count). The molecule has 0 aromatic heterocycles. The zero-order chi connectivity index (χ0) is 26.0. The van der Waals surface area contributed by atoms with E-state index in [-0.39, 0.29) is 42.1 Å². The number of phenolic OH excluding ortho intramolecular Hbond substituents is 1. The predicted octanol–water partition coefficient (Wildman–Crippen LogP) is 7.54. The molecule has 3 aromatic carbocycles. The van der Waals surface area contributed by atoms with Crippen molar-refractivity contribution in [3.63, 3.8) is 0 Å². The summed E-state index contributed by atoms with van der Waals surface area (Å²) in [6.45, 7) is 1.46. The molecule has 0 bridgehead atoms. The predicted molar refractivity (Wildman–Crippen MR) is 121 cm³/mol. The number of rotatable bonds is 7. The summed E-state index contributed by atoms with van der Waals surface area (Å²) in [6.07, 6.45) is 1.66. The molecule has 1 N–H and O–H groups in total. The Morgan fingerprint density at radius 3 is 2.03 bits per heavy atom. The molecule has 1 aliphatic rings. The zero-order valence-electron chi connectivity index (χ0n) is 19.4. The van der Waals surface area contributed by atoms with Crippen LogP contribution in [0.25, 0.3) is 11.1 Å². The van der Waals surface area contributed by atoms with Gasteiger partial charge in [0.1, 0.15) is 0 Å². The first-order chi connectivity index (χ1) is 17.2. The van der Waals surface area contributed by atoms with Crippen LogP contribution in [0.2, 0.25) is 0 Å². The molecular weight excluding hydrogens is 486 g/mol. The first kappa shape index (κ1) is 25.9. The fourth-order valence-corrected chi connectivity index (χ4v) is 4.53. The largest absolute Gasteiger partial charge is 0.505 e. The average molecular weight is 510 g/mol. The van der Waals surface area contributed by atoms with Gasteiger partial charge in [0.25, 0.3) is 0 Å². The normalized spacial score (nSPS) is 17.9. The van der Waals surface area contributed by atoms with Crippen LogP contribution < -0.4 is 4.74 Å². The number of ether oxygens (including phenoxy) is 2. The maximum absolute atomic E-state index is 14.8. The molecule has 0 heterocycles. The van der Waals surface area contributed by atoms with Crippen molar-refractivity contribution >= 4 is 0 Å². The van der Waals surface area contributed by atoms with Crippen molar-refractivity contribution in [1.82, 2.24) is 0 Å². The highest BCUT2D eigenvalue weighted by molar-refractivity contribution is 5.66. The van der Waals surface area contributed by atoms with E-state index in [4.69, 9.17) is 9.47 Å². The van der Waals surface area contributed by atoms with E-state index in [0.717, 1.165) is 24.3 Å². The van der Waals surface area contributed by atoms with Crippen LogP contribution in [0.15, 0.2) is 36.4 Å². The van der Waals surface area contributed by atoms with Gasteiger partial charge in [0.15, 0.2) is 34.8 Å². The monoisotopic (exact) mass is 510 g/mol. The number of aromatic hydroxyl groups is 1. The fourth-order valence-electron chi connectivity index (χ4n) is 4.53. The fraction of sp³-hybridized carbons (Fsp3) is 0.333. The topological polar surface area (TPSA) is 38.7 Å². The third kappa shape index (κ3) is 5.02. The molecule has 36 heavy (non-hydrogen) atoms. The number of hydrogen-bond donors (Lipinski definition) is 1. The van der Waals surface area contributed by atoms with Crippen molar-refractivity contribution in [3.8, 4) is 22.6 Å². The summed E-state index contributed by atoms with van der Waals surface area (Å²) in [5.74, 6) is -8.85. The molecule has 0 atom stereocenters. The van der Waals surface area contributed by atoms with Crippen LogP contribution in [0.1, 0.15) is 49.7 Å². The third-order valence-corrected chi connectivity index (χ3v) is 6.48. The summed E-state index contributed by atoms with van der Waals surface area (Å²) in [4.78, 5) is 0. The molecule has 1 aliphatic carbocycles. The molecule has 192 valence electrons. The Kier molecular flexibility index (Phi) is 7.78. The van der Waals surface area contributed by atoms with Crippen LogP contribution in [0.5, 0.6) is 11.5 Å². The van der Waals surface area contributed by atoms with Crippen LogP contribution >= 0.6 is 0 Å². The lowest BCUT2D eigenvalue weighted by atomic mass is 9.82. The summed E-state index contributed by atoms with van der Waals surface area (Å²) in [7, 11) is 0. The molecular formula is C27H24F6O3. The molecule has 3 nitrogen and oxygen atoms in total. The number of hydrogen-bond acceptors (Lipinski definition) is 3. The minimum absolute atomic E-state index is 0.0863. The molecule has 0 aliphatic heterocycles. The first-order valence-corrected chi connectivity index (χ1v) is 11.6. The smallest absolute Gasteiger partial charge is 0.201 e. The van der Waals surface area contributed by atoms with E-state index in [1.165, 1.54) is 12.1 Å². The van der Waals surface area contributed by atoms with Gasteiger partial charge in [-0.15, -0.1) is 0 Å². The lowest BCUT2D eigenvalue weighted by molar-refractivity contribution is 0.0116. The van der Waals surface area contributed by atoms with Gasteiger partial charge in [-0.2, -0.15) is 8.78 Å².